The van der Waals surface area contributed by atoms with Crippen LogP contribution >= 0.6 is 0 Å². The van der Waals surface area contributed by atoms with Gasteiger partial charge in [-0.3, -0.25) is 10.2 Å². The van der Waals surface area contributed by atoms with Gasteiger partial charge in [0.05, 0.1) is 0 Å². The van der Waals surface area contributed by atoms with E-state index in [1.54, 1.807) is 20.8 Å². The molecule has 24 heavy (non-hydrogen) atoms. The standard InChI is InChI=1S/C17H22N2O5/c1-17(2,3)24-15(21)14(18)13(20)9-10-19-16(22)23-11-12-7-5-4-6-8-12/h4-8,18H,9-11H2,1-3H3,(H,19,22). The summed E-state index contributed by atoms with van der Waals surface area (Å²) >= 11 is 0. The number of ketones is 1. The molecule has 7 nitrogen and oxygen atoms in total. The lowest BCUT2D eigenvalue weighted by Crippen LogP contribution is -2.34. The largest absolute Gasteiger partial charge is 0.455 e. The summed E-state index contributed by atoms with van der Waals surface area (Å²) in [7, 11) is 0. The van der Waals surface area contributed by atoms with Crippen LogP contribution in [0.15, 0.2) is 30.3 Å². The van der Waals surface area contributed by atoms with E-state index in [1.807, 2.05) is 30.3 Å². The Morgan fingerprint density at radius 1 is 1.12 bits per heavy atom. The molecule has 1 aromatic rings. The van der Waals surface area contributed by atoms with Crippen LogP contribution in [0, 0.1) is 5.41 Å². The van der Waals surface area contributed by atoms with Crippen molar-refractivity contribution in [3.63, 3.8) is 0 Å². The van der Waals surface area contributed by atoms with Crippen LogP contribution < -0.4 is 5.32 Å². The lowest BCUT2D eigenvalue weighted by atomic mass is 10.1. The van der Waals surface area contributed by atoms with Crippen molar-refractivity contribution in [3.05, 3.63) is 35.9 Å². The molecule has 0 aromatic heterocycles. The summed E-state index contributed by atoms with van der Waals surface area (Å²) < 4.78 is 9.92. The molecule has 0 aliphatic rings. The number of esters is 1. The van der Waals surface area contributed by atoms with Gasteiger partial charge in [0.25, 0.3) is 0 Å². The highest BCUT2D eigenvalue weighted by Gasteiger charge is 2.24. The van der Waals surface area contributed by atoms with E-state index in [9.17, 15) is 14.4 Å². The molecule has 0 aliphatic heterocycles. The van der Waals surface area contributed by atoms with E-state index in [4.69, 9.17) is 14.9 Å². The lowest BCUT2D eigenvalue weighted by Gasteiger charge is -2.19. The average Bonchev–Trinajstić information content (AvgIpc) is 2.51. The van der Waals surface area contributed by atoms with Gasteiger partial charge in [-0.25, -0.2) is 9.59 Å². The van der Waals surface area contributed by atoms with E-state index in [0.717, 1.165) is 5.56 Å². The molecule has 7 heteroatoms. The summed E-state index contributed by atoms with van der Waals surface area (Å²) in [6.07, 6.45) is -0.853. The molecule has 0 saturated heterocycles. The molecule has 0 bridgehead atoms. The molecule has 0 spiro atoms. The van der Waals surface area contributed by atoms with E-state index in [1.165, 1.54) is 0 Å². The molecule has 0 aliphatic carbocycles. The first-order chi connectivity index (χ1) is 11.2. The van der Waals surface area contributed by atoms with Crippen molar-refractivity contribution >= 4 is 23.6 Å². The van der Waals surface area contributed by atoms with Gasteiger partial charge in [0.2, 0.25) is 0 Å². The predicted octanol–water partition coefficient (Wildman–Crippen LogP) is 2.23. The third-order valence-corrected chi connectivity index (χ3v) is 2.72. The number of nitrogens with one attached hydrogen (secondary N) is 2. The van der Waals surface area contributed by atoms with Crippen molar-refractivity contribution in [2.24, 2.45) is 0 Å². The van der Waals surface area contributed by atoms with Crippen LogP contribution in [0.1, 0.15) is 32.8 Å². The van der Waals surface area contributed by atoms with Crippen LogP contribution in [0.5, 0.6) is 0 Å². The summed E-state index contributed by atoms with van der Waals surface area (Å²) in [6, 6.07) is 9.15. The fourth-order valence-corrected chi connectivity index (χ4v) is 1.62. The average molecular weight is 334 g/mol. The van der Waals surface area contributed by atoms with Crippen LogP contribution in [-0.2, 0) is 25.7 Å². The van der Waals surface area contributed by atoms with Crippen molar-refractivity contribution in [1.29, 1.82) is 5.41 Å². The Bertz CT molecular complexity index is 605. The number of carbonyl (C=O) groups excluding carboxylic acids is 3. The number of benzene rings is 1. The molecule has 0 fully saturated rings. The van der Waals surface area contributed by atoms with Gasteiger partial charge in [0, 0.05) is 13.0 Å². The van der Waals surface area contributed by atoms with Crippen LogP contribution in [0.2, 0.25) is 0 Å². The minimum absolute atomic E-state index is 0.0301. The second kappa shape index (κ2) is 8.81. The number of hydrogen-bond donors (Lipinski definition) is 2. The lowest BCUT2D eigenvalue weighted by molar-refractivity contribution is -0.146. The van der Waals surface area contributed by atoms with E-state index >= 15 is 0 Å². The highest BCUT2D eigenvalue weighted by atomic mass is 16.6. The van der Waals surface area contributed by atoms with Gasteiger partial charge < -0.3 is 14.8 Å². The van der Waals surface area contributed by atoms with Crippen LogP contribution in [0.3, 0.4) is 0 Å². The highest BCUT2D eigenvalue weighted by molar-refractivity contribution is 6.63. The first kappa shape index (κ1) is 19.3. The van der Waals surface area contributed by atoms with Gasteiger partial charge >= 0.3 is 12.1 Å². The van der Waals surface area contributed by atoms with Gasteiger partial charge in [-0.2, -0.15) is 0 Å². The van der Waals surface area contributed by atoms with Crippen molar-refractivity contribution in [3.8, 4) is 0 Å². The number of alkyl carbamates (subject to hydrolysis) is 1. The Hall–Kier alpha value is -2.70. The van der Waals surface area contributed by atoms with E-state index in [0.29, 0.717) is 0 Å². The molecule has 0 saturated carbocycles. The Morgan fingerprint density at radius 3 is 2.33 bits per heavy atom. The molecular formula is C17H22N2O5. The Balaban J connectivity index is 2.28. The van der Waals surface area contributed by atoms with Crippen molar-refractivity contribution in [2.75, 3.05) is 6.54 Å². The van der Waals surface area contributed by atoms with Crippen molar-refractivity contribution < 1.29 is 23.9 Å². The normalized spacial score (nSPS) is 10.6. The number of amides is 1. The van der Waals surface area contributed by atoms with Gasteiger partial charge in [0.1, 0.15) is 12.2 Å². The second-order valence-electron chi connectivity index (χ2n) is 6.04. The zero-order chi connectivity index (χ0) is 18.2. The number of hydrogen-bond acceptors (Lipinski definition) is 6. The van der Waals surface area contributed by atoms with Crippen molar-refractivity contribution in [1.82, 2.24) is 5.32 Å². The first-order valence-corrected chi connectivity index (χ1v) is 7.48. The minimum atomic E-state index is -0.973. The van der Waals surface area contributed by atoms with Crippen LogP contribution in [0.25, 0.3) is 0 Å². The summed E-state index contributed by atoms with van der Waals surface area (Å²) in [4.78, 5) is 34.8. The SMILES string of the molecule is CC(C)(C)OC(=O)C(=N)C(=O)CCNC(=O)OCc1ccccc1. The summed E-state index contributed by atoms with van der Waals surface area (Å²) in [5, 5.41) is 9.89. The van der Waals surface area contributed by atoms with E-state index < -0.39 is 29.2 Å². The monoisotopic (exact) mass is 334 g/mol. The molecule has 130 valence electrons. The number of ether oxygens (including phenoxy) is 2. The maximum Gasteiger partial charge on any atom is 0.407 e. The molecule has 0 atom stereocenters. The van der Waals surface area contributed by atoms with Gasteiger partial charge in [-0.1, -0.05) is 30.3 Å². The number of Topliss-reactive ketones (excluding diaryl/α,β-unsaturated/α-hetero) is 1. The summed E-state index contributed by atoms with van der Waals surface area (Å²) in [5.41, 5.74) is -0.664. The number of rotatable bonds is 7. The Morgan fingerprint density at radius 2 is 1.75 bits per heavy atom. The second-order valence-corrected chi connectivity index (χ2v) is 6.04. The fourth-order valence-electron chi connectivity index (χ4n) is 1.62. The molecule has 2 N–H and O–H groups in total. The maximum atomic E-state index is 11.7. The molecule has 1 aromatic carbocycles. The van der Waals surface area contributed by atoms with Gasteiger partial charge in [-0.15, -0.1) is 0 Å². The summed E-state index contributed by atoms with van der Waals surface area (Å²) in [5.74, 6) is -1.67. The molecule has 1 amide bonds. The van der Waals surface area contributed by atoms with E-state index in [2.05, 4.69) is 5.32 Å². The Kier molecular flexibility index (Phi) is 7.10. The molecule has 0 heterocycles. The zero-order valence-corrected chi connectivity index (χ0v) is 14.0. The summed E-state index contributed by atoms with van der Waals surface area (Å²) in [6.45, 7) is 5.03. The molecular weight excluding hydrogens is 312 g/mol. The minimum Gasteiger partial charge on any atom is -0.455 e. The molecule has 0 unspecified atom stereocenters. The topological polar surface area (TPSA) is 106 Å². The predicted molar refractivity (Wildman–Crippen MR) is 87.8 cm³/mol. The highest BCUT2D eigenvalue weighted by Crippen LogP contribution is 2.07. The maximum absolute atomic E-state index is 11.7. The van der Waals surface area contributed by atoms with Crippen molar-refractivity contribution in [2.45, 2.75) is 39.4 Å². The third kappa shape index (κ3) is 7.53. The number of carbonyl (C=O) groups is 3. The Labute approximate surface area is 140 Å². The fraction of sp³-hybridized carbons (Fsp3) is 0.412. The van der Waals surface area contributed by atoms with Crippen LogP contribution in [-0.4, -0.2) is 35.7 Å². The van der Waals surface area contributed by atoms with Gasteiger partial charge in [-0.05, 0) is 26.3 Å². The van der Waals surface area contributed by atoms with Crippen LogP contribution in [0.4, 0.5) is 4.79 Å². The first-order valence-electron chi connectivity index (χ1n) is 7.48. The smallest absolute Gasteiger partial charge is 0.407 e. The zero-order valence-electron chi connectivity index (χ0n) is 14.0. The quantitative estimate of drug-likeness (QED) is 0.452. The third-order valence-electron chi connectivity index (χ3n) is 2.72. The molecule has 0 radical (unpaired) electrons. The molecule has 1 rings (SSSR count). The van der Waals surface area contributed by atoms with Gasteiger partial charge in [0.15, 0.2) is 11.5 Å². The van der Waals surface area contributed by atoms with E-state index in [-0.39, 0.29) is 19.6 Å².